The van der Waals surface area contributed by atoms with Gasteiger partial charge in [0.05, 0.1) is 26.3 Å². The van der Waals surface area contributed by atoms with E-state index in [9.17, 15) is 9.59 Å². The summed E-state index contributed by atoms with van der Waals surface area (Å²) in [7, 11) is 0. The molecule has 0 radical (unpaired) electrons. The highest BCUT2D eigenvalue weighted by atomic mass is 16.6. The predicted octanol–water partition coefficient (Wildman–Crippen LogP) is -0.618. The number of hydrogen-bond donors (Lipinski definition) is 1. The van der Waals surface area contributed by atoms with E-state index in [1.807, 2.05) is 6.07 Å². The van der Waals surface area contributed by atoms with Gasteiger partial charge < -0.3 is 19.7 Å². The van der Waals surface area contributed by atoms with Gasteiger partial charge >= 0.3 is 6.09 Å². The van der Waals surface area contributed by atoms with E-state index in [0.29, 0.717) is 32.2 Å². The highest BCUT2D eigenvalue weighted by molar-refractivity contribution is 5.82. The topological polar surface area (TPSA) is 96.9 Å². The van der Waals surface area contributed by atoms with Crippen molar-refractivity contribution in [1.82, 2.24) is 20.2 Å². The molecule has 0 bridgehead atoms. The molecule has 0 aromatic carbocycles. The maximum atomic E-state index is 11.9. The molecule has 2 aliphatic heterocycles. The van der Waals surface area contributed by atoms with Gasteiger partial charge in [0, 0.05) is 19.3 Å². The van der Waals surface area contributed by atoms with Crippen LogP contribution in [0.25, 0.3) is 0 Å². The van der Waals surface area contributed by atoms with Gasteiger partial charge in [-0.3, -0.25) is 9.69 Å². The molecule has 0 spiro atoms. The van der Waals surface area contributed by atoms with Gasteiger partial charge in [-0.15, -0.1) is 0 Å². The van der Waals surface area contributed by atoms with Crippen molar-refractivity contribution in [3.8, 4) is 0 Å². The number of amides is 2. The highest BCUT2D eigenvalue weighted by Gasteiger charge is 2.24. The third-order valence-electron chi connectivity index (χ3n) is 3.65. The van der Waals surface area contributed by atoms with Gasteiger partial charge in [0.25, 0.3) is 0 Å². The predicted molar refractivity (Wildman–Crippen MR) is 79.8 cm³/mol. The fourth-order valence-electron chi connectivity index (χ4n) is 2.42. The number of rotatable bonds is 5. The monoisotopic (exact) mass is 321 g/mol. The van der Waals surface area contributed by atoms with Gasteiger partial charge in [0.1, 0.15) is 24.8 Å². The summed E-state index contributed by atoms with van der Waals surface area (Å²) >= 11 is 0. The molecule has 2 saturated heterocycles. The number of carbonyl (C=O) groups is 2. The molecule has 2 aliphatic rings. The van der Waals surface area contributed by atoms with Gasteiger partial charge in [-0.2, -0.15) is 0 Å². The van der Waals surface area contributed by atoms with Crippen LogP contribution in [0.2, 0.25) is 0 Å². The smallest absolute Gasteiger partial charge is 0.410 e. The van der Waals surface area contributed by atoms with Crippen molar-refractivity contribution in [3.05, 3.63) is 18.1 Å². The number of hydrogen-bond acceptors (Lipinski definition) is 7. The summed E-state index contributed by atoms with van der Waals surface area (Å²) in [4.78, 5) is 35.3. The van der Waals surface area contributed by atoms with E-state index in [0.717, 1.165) is 18.9 Å². The summed E-state index contributed by atoms with van der Waals surface area (Å²) < 4.78 is 10.1. The quantitative estimate of drug-likeness (QED) is 0.772. The van der Waals surface area contributed by atoms with Gasteiger partial charge in [0.15, 0.2) is 0 Å². The van der Waals surface area contributed by atoms with Crippen molar-refractivity contribution in [2.75, 3.05) is 50.9 Å². The molecule has 23 heavy (non-hydrogen) atoms. The largest absolute Gasteiger partial charge is 0.448 e. The van der Waals surface area contributed by atoms with E-state index in [2.05, 4.69) is 20.2 Å². The second kappa shape index (κ2) is 7.23. The fourth-order valence-corrected chi connectivity index (χ4v) is 2.42. The van der Waals surface area contributed by atoms with Crippen molar-refractivity contribution < 1.29 is 19.1 Å². The third-order valence-corrected chi connectivity index (χ3v) is 3.65. The molecular formula is C14H19N5O4. The Hall–Kier alpha value is -2.42. The van der Waals surface area contributed by atoms with Crippen LogP contribution in [0.5, 0.6) is 0 Å². The summed E-state index contributed by atoms with van der Waals surface area (Å²) in [5, 5.41) is 2.72. The maximum absolute atomic E-state index is 11.9. The van der Waals surface area contributed by atoms with Crippen LogP contribution in [-0.2, 0) is 20.8 Å². The van der Waals surface area contributed by atoms with E-state index >= 15 is 0 Å². The average molecular weight is 321 g/mol. The lowest BCUT2D eigenvalue weighted by atomic mass is 10.4. The molecule has 3 rings (SSSR count). The number of nitrogens with one attached hydrogen (secondary N) is 1. The molecule has 9 heteroatoms. The Kier molecular flexibility index (Phi) is 4.86. The lowest BCUT2D eigenvalue weighted by molar-refractivity contribution is -0.121. The first-order valence-corrected chi connectivity index (χ1v) is 7.55. The molecule has 0 saturated carbocycles. The van der Waals surface area contributed by atoms with Gasteiger partial charge in [-0.05, 0) is 6.07 Å². The number of cyclic esters (lactones) is 1. The first-order chi connectivity index (χ1) is 11.2. The summed E-state index contributed by atoms with van der Waals surface area (Å²) in [6.45, 7) is 3.93. The van der Waals surface area contributed by atoms with Crippen molar-refractivity contribution in [2.24, 2.45) is 0 Å². The maximum Gasteiger partial charge on any atom is 0.410 e. The van der Waals surface area contributed by atoms with Crippen LogP contribution in [-0.4, -0.2) is 72.9 Å². The molecular weight excluding hydrogens is 302 g/mol. The van der Waals surface area contributed by atoms with Crippen LogP contribution in [0.1, 0.15) is 5.82 Å². The minimum absolute atomic E-state index is 0.0119. The number of carbonyl (C=O) groups excluding carboxylic acids is 2. The Labute approximate surface area is 133 Å². The Bertz CT molecular complexity index is 576. The minimum Gasteiger partial charge on any atom is -0.448 e. The van der Waals surface area contributed by atoms with Crippen LogP contribution < -0.4 is 10.2 Å². The van der Waals surface area contributed by atoms with Gasteiger partial charge in [0.2, 0.25) is 5.91 Å². The standard InChI is InChI=1S/C14H19N5O4/c20-13(10-19-5-8-23-14(19)21)16-9-11-15-2-1-12(17-11)18-3-6-22-7-4-18/h1-2H,3-10H2,(H,16,20). The lowest BCUT2D eigenvalue weighted by Gasteiger charge is -2.27. The molecule has 2 fully saturated rings. The van der Waals surface area contributed by atoms with Crippen LogP contribution >= 0.6 is 0 Å². The van der Waals surface area contributed by atoms with E-state index < -0.39 is 6.09 Å². The second-order valence-corrected chi connectivity index (χ2v) is 5.24. The number of anilines is 1. The van der Waals surface area contributed by atoms with E-state index in [1.165, 1.54) is 4.90 Å². The molecule has 1 N–H and O–H groups in total. The van der Waals surface area contributed by atoms with E-state index in [4.69, 9.17) is 9.47 Å². The Morgan fingerprint density at radius 2 is 2.09 bits per heavy atom. The summed E-state index contributed by atoms with van der Waals surface area (Å²) in [6, 6.07) is 1.84. The zero-order valence-corrected chi connectivity index (χ0v) is 12.7. The third kappa shape index (κ3) is 4.07. The SMILES string of the molecule is O=C(CN1CCOC1=O)NCc1nccc(N2CCOCC2)n1. The zero-order chi connectivity index (χ0) is 16.1. The first kappa shape index (κ1) is 15.5. The Morgan fingerprint density at radius 1 is 1.26 bits per heavy atom. The number of nitrogens with zero attached hydrogens (tertiary/aromatic N) is 4. The van der Waals surface area contributed by atoms with E-state index in [1.54, 1.807) is 6.20 Å². The second-order valence-electron chi connectivity index (χ2n) is 5.24. The van der Waals surface area contributed by atoms with Crippen LogP contribution in [0, 0.1) is 0 Å². The summed E-state index contributed by atoms with van der Waals surface area (Å²) in [5.41, 5.74) is 0. The number of ether oxygens (including phenoxy) is 2. The van der Waals surface area contributed by atoms with E-state index in [-0.39, 0.29) is 19.0 Å². The normalized spacial score (nSPS) is 18.0. The van der Waals surface area contributed by atoms with Crippen LogP contribution in [0.15, 0.2) is 12.3 Å². The average Bonchev–Trinajstić information content (AvgIpc) is 2.99. The van der Waals surface area contributed by atoms with Crippen molar-refractivity contribution >= 4 is 17.8 Å². The molecule has 3 heterocycles. The Morgan fingerprint density at radius 3 is 2.83 bits per heavy atom. The highest BCUT2D eigenvalue weighted by Crippen LogP contribution is 2.11. The summed E-state index contributed by atoms with van der Waals surface area (Å²) in [6.07, 6.45) is 1.22. The molecule has 9 nitrogen and oxygen atoms in total. The number of morpholine rings is 1. The minimum atomic E-state index is -0.453. The molecule has 124 valence electrons. The molecule has 0 unspecified atom stereocenters. The summed E-state index contributed by atoms with van der Waals surface area (Å²) in [5.74, 6) is 1.10. The molecule has 1 aromatic heterocycles. The lowest BCUT2D eigenvalue weighted by Crippen LogP contribution is -2.38. The van der Waals surface area contributed by atoms with Crippen molar-refractivity contribution in [1.29, 1.82) is 0 Å². The fraction of sp³-hybridized carbons (Fsp3) is 0.571. The molecule has 2 amide bonds. The first-order valence-electron chi connectivity index (χ1n) is 7.55. The van der Waals surface area contributed by atoms with Crippen LogP contribution in [0.4, 0.5) is 10.6 Å². The molecule has 0 atom stereocenters. The molecule has 0 aliphatic carbocycles. The molecule has 1 aromatic rings. The van der Waals surface area contributed by atoms with Gasteiger partial charge in [-0.25, -0.2) is 14.8 Å². The van der Waals surface area contributed by atoms with Crippen LogP contribution in [0.3, 0.4) is 0 Å². The number of aromatic nitrogens is 2. The van der Waals surface area contributed by atoms with Crippen molar-refractivity contribution in [2.45, 2.75) is 6.54 Å². The Balaban J connectivity index is 1.51. The van der Waals surface area contributed by atoms with Gasteiger partial charge in [-0.1, -0.05) is 0 Å². The zero-order valence-electron chi connectivity index (χ0n) is 12.7. The van der Waals surface area contributed by atoms with Crippen molar-refractivity contribution in [3.63, 3.8) is 0 Å².